The van der Waals surface area contributed by atoms with Crippen molar-refractivity contribution in [3.05, 3.63) is 54.0 Å². The number of hydrogen-bond acceptors (Lipinski definition) is 4. The standard InChI is InChI=1S/C19H24N2O2S/c22-19(21-11-8-15-5-4-10-20-13-15)18-16(9-12-23-18)14-24-17-6-2-1-3-7-17/h1-3,6-7,9,12,15,20H,4-5,8,10-11,13-14H2,(H,21,22). The summed E-state index contributed by atoms with van der Waals surface area (Å²) < 4.78 is 5.42. The van der Waals surface area contributed by atoms with E-state index in [1.807, 2.05) is 24.3 Å². The van der Waals surface area contributed by atoms with Crippen LogP contribution in [0, 0.1) is 5.92 Å². The maximum Gasteiger partial charge on any atom is 0.287 e. The number of carbonyl (C=O) groups is 1. The molecule has 1 saturated heterocycles. The molecule has 0 spiro atoms. The van der Waals surface area contributed by atoms with Crippen molar-refractivity contribution in [2.75, 3.05) is 19.6 Å². The van der Waals surface area contributed by atoms with E-state index in [-0.39, 0.29) is 5.91 Å². The molecule has 2 aromatic rings. The van der Waals surface area contributed by atoms with Gasteiger partial charge >= 0.3 is 0 Å². The summed E-state index contributed by atoms with van der Waals surface area (Å²) in [6.45, 7) is 2.89. The van der Waals surface area contributed by atoms with Gasteiger partial charge in [-0.05, 0) is 56.5 Å². The van der Waals surface area contributed by atoms with Crippen LogP contribution in [0.4, 0.5) is 0 Å². The average molecular weight is 344 g/mol. The van der Waals surface area contributed by atoms with Gasteiger partial charge in [0.05, 0.1) is 6.26 Å². The molecule has 1 unspecified atom stereocenters. The summed E-state index contributed by atoms with van der Waals surface area (Å²) in [4.78, 5) is 13.5. The molecule has 0 bridgehead atoms. The Balaban J connectivity index is 1.47. The number of carbonyl (C=O) groups excluding carboxylic acids is 1. The van der Waals surface area contributed by atoms with Crippen LogP contribution in [-0.2, 0) is 5.75 Å². The number of nitrogens with one attached hydrogen (secondary N) is 2. The Labute approximate surface area is 147 Å². The highest BCUT2D eigenvalue weighted by atomic mass is 32.2. The Morgan fingerprint density at radius 1 is 1.29 bits per heavy atom. The molecule has 2 N–H and O–H groups in total. The van der Waals surface area contributed by atoms with E-state index in [1.54, 1.807) is 18.0 Å². The molecule has 2 heterocycles. The summed E-state index contributed by atoms with van der Waals surface area (Å²) in [6, 6.07) is 12.1. The fourth-order valence-corrected chi connectivity index (χ4v) is 3.87. The van der Waals surface area contributed by atoms with Crippen LogP contribution in [0.1, 0.15) is 35.4 Å². The summed E-state index contributed by atoms with van der Waals surface area (Å²) in [6.07, 6.45) is 5.11. The molecule has 128 valence electrons. The second kappa shape index (κ2) is 8.94. The zero-order chi connectivity index (χ0) is 16.6. The molecule has 0 saturated carbocycles. The van der Waals surface area contributed by atoms with Gasteiger partial charge in [-0.15, -0.1) is 11.8 Å². The summed E-state index contributed by atoms with van der Waals surface area (Å²) in [5.41, 5.74) is 0.945. The normalized spacial score (nSPS) is 17.6. The number of benzene rings is 1. The van der Waals surface area contributed by atoms with Crippen LogP contribution in [0.3, 0.4) is 0 Å². The van der Waals surface area contributed by atoms with Crippen molar-refractivity contribution in [3.63, 3.8) is 0 Å². The third-order valence-electron chi connectivity index (χ3n) is 4.33. The van der Waals surface area contributed by atoms with Gasteiger partial charge in [-0.25, -0.2) is 0 Å². The predicted molar refractivity (Wildman–Crippen MR) is 97.3 cm³/mol. The molecule has 1 atom stereocenters. The van der Waals surface area contributed by atoms with E-state index in [0.29, 0.717) is 18.2 Å². The highest BCUT2D eigenvalue weighted by Crippen LogP contribution is 2.24. The number of amides is 1. The number of piperidine rings is 1. The summed E-state index contributed by atoms with van der Waals surface area (Å²) >= 11 is 1.71. The lowest BCUT2D eigenvalue weighted by Crippen LogP contribution is -2.33. The van der Waals surface area contributed by atoms with Gasteiger partial charge in [0.15, 0.2) is 5.76 Å². The molecule has 1 fully saturated rings. The van der Waals surface area contributed by atoms with Crippen molar-refractivity contribution in [2.45, 2.75) is 29.9 Å². The van der Waals surface area contributed by atoms with Crippen molar-refractivity contribution < 1.29 is 9.21 Å². The quantitative estimate of drug-likeness (QED) is 0.752. The molecule has 1 aromatic heterocycles. The topological polar surface area (TPSA) is 54.3 Å². The maximum atomic E-state index is 12.3. The first-order valence-electron chi connectivity index (χ1n) is 8.56. The van der Waals surface area contributed by atoms with Gasteiger partial charge < -0.3 is 15.1 Å². The van der Waals surface area contributed by atoms with E-state index in [0.717, 1.165) is 30.8 Å². The summed E-state index contributed by atoms with van der Waals surface area (Å²) in [7, 11) is 0. The van der Waals surface area contributed by atoms with Crippen molar-refractivity contribution in [1.29, 1.82) is 0 Å². The lowest BCUT2D eigenvalue weighted by Gasteiger charge is -2.22. The molecule has 24 heavy (non-hydrogen) atoms. The molecule has 1 aliphatic rings. The smallest absolute Gasteiger partial charge is 0.287 e. The second-order valence-electron chi connectivity index (χ2n) is 6.13. The van der Waals surface area contributed by atoms with Crippen LogP contribution in [-0.4, -0.2) is 25.5 Å². The third-order valence-corrected chi connectivity index (χ3v) is 5.39. The molecule has 0 radical (unpaired) electrons. The number of rotatable bonds is 7. The van der Waals surface area contributed by atoms with E-state index >= 15 is 0 Å². The fourth-order valence-electron chi connectivity index (χ4n) is 2.97. The molecule has 3 rings (SSSR count). The lowest BCUT2D eigenvalue weighted by atomic mass is 9.96. The van der Waals surface area contributed by atoms with Gasteiger partial charge in [0.25, 0.3) is 5.91 Å². The Hall–Kier alpha value is -1.72. The number of furan rings is 1. The SMILES string of the molecule is O=C(NCCC1CCCNC1)c1occc1CSc1ccccc1. The Bertz CT molecular complexity index is 636. The van der Waals surface area contributed by atoms with Crippen molar-refractivity contribution in [3.8, 4) is 0 Å². The van der Waals surface area contributed by atoms with E-state index < -0.39 is 0 Å². The van der Waals surface area contributed by atoms with Gasteiger partial charge in [0, 0.05) is 22.8 Å². The molecule has 1 aliphatic heterocycles. The zero-order valence-electron chi connectivity index (χ0n) is 13.8. The minimum absolute atomic E-state index is 0.104. The summed E-state index contributed by atoms with van der Waals surface area (Å²) in [5, 5.41) is 6.41. The zero-order valence-corrected chi connectivity index (χ0v) is 14.6. The van der Waals surface area contributed by atoms with E-state index in [1.165, 1.54) is 17.7 Å². The molecule has 5 heteroatoms. The first kappa shape index (κ1) is 17.1. The van der Waals surface area contributed by atoms with Gasteiger partial charge in [-0.3, -0.25) is 4.79 Å². The molecule has 4 nitrogen and oxygen atoms in total. The van der Waals surface area contributed by atoms with E-state index in [4.69, 9.17) is 4.42 Å². The van der Waals surface area contributed by atoms with E-state index in [2.05, 4.69) is 22.8 Å². The lowest BCUT2D eigenvalue weighted by molar-refractivity contribution is 0.0922. The van der Waals surface area contributed by atoms with Crippen LogP contribution >= 0.6 is 11.8 Å². The minimum atomic E-state index is -0.104. The highest BCUT2D eigenvalue weighted by Gasteiger charge is 2.17. The maximum absolute atomic E-state index is 12.3. The van der Waals surface area contributed by atoms with Crippen LogP contribution in [0.5, 0.6) is 0 Å². The number of thioether (sulfide) groups is 1. The minimum Gasteiger partial charge on any atom is -0.459 e. The van der Waals surface area contributed by atoms with Crippen molar-refractivity contribution in [1.82, 2.24) is 10.6 Å². The van der Waals surface area contributed by atoms with Crippen molar-refractivity contribution in [2.24, 2.45) is 5.92 Å². The number of hydrogen-bond donors (Lipinski definition) is 2. The van der Waals surface area contributed by atoms with Gasteiger partial charge in [0.1, 0.15) is 0 Å². The molecular formula is C19H24N2O2S. The van der Waals surface area contributed by atoms with Gasteiger partial charge in [-0.1, -0.05) is 18.2 Å². The van der Waals surface area contributed by atoms with Crippen LogP contribution in [0.25, 0.3) is 0 Å². The van der Waals surface area contributed by atoms with E-state index in [9.17, 15) is 4.79 Å². The Morgan fingerprint density at radius 3 is 2.96 bits per heavy atom. The van der Waals surface area contributed by atoms with Gasteiger partial charge in [-0.2, -0.15) is 0 Å². The first-order valence-corrected chi connectivity index (χ1v) is 9.54. The predicted octanol–water partition coefficient (Wildman–Crippen LogP) is 3.69. The molecule has 1 aromatic carbocycles. The molecule has 0 aliphatic carbocycles. The Kier molecular flexibility index (Phi) is 6.38. The average Bonchev–Trinajstić information content (AvgIpc) is 3.10. The molecule has 1 amide bonds. The monoisotopic (exact) mass is 344 g/mol. The summed E-state index contributed by atoms with van der Waals surface area (Å²) in [5.74, 6) is 1.74. The second-order valence-corrected chi connectivity index (χ2v) is 7.18. The van der Waals surface area contributed by atoms with Crippen LogP contribution in [0.15, 0.2) is 52.0 Å². The third kappa shape index (κ3) is 4.89. The van der Waals surface area contributed by atoms with Gasteiger partial charge in [0.2, 0.25) is 0 Å². The highest BCUT2D eigenvalue weighted by molar-refractivity contribution is 7.98. The van der Waals surface area contributed by atoms with Crippen LogP contribution < -0.4 is 10.6 Å². The fraction of sp³-hybridized carbons (Fsp3) is 0.421. The van der Waals surface area contributed by atoms with Crippen molar-refractivity contribution >= 4 is 17.7 Å². The van der Waals surface area contributed by atoms with Crippen LogP contribution in [0.2, 0.25) is 0 Å². The first-order chi connectivity index (χ1) is 11.8. The molecular weight excluding hydrogens is 320 g/mol. The Morgan fingerprint density at radius 2 is 2.17 bits per heavy atom. The largest absolute Gasteiger partial charge is 0.459 e.